The first-order valence-electron chi connectivity index (χ1n) is 10.4. The van der Waals surface area contributed by atoms with E-state index in [9.17, 15) is 9.59 Å². The van der Waals surface area contributed by atoms with E-state index in [1.807, 2.05) is 66.7 Å². The van der Waals surface area contributed by atoms with Crippen molar-refractivity contribution in [2.24, 2.45) is 5.92 Å². The minimum atomic E-state index is -0.298. The third-order valence-electron chi connectivity index (χ3n) is 5.69. The number of nitrogens with zero attached hydrogens (tertiary/aromatic N) is 1. The molecule has 0 saturated carbocycles. The molecule has 0 aliphatic carbocycles. The van der Waals surface area contributed by atoms with E-state index in [0.29, 0.717) is 19.6 Å². The first kappa shape index (κ1) is 19.9. The number of hydrogen-bond donors (Lipinski definition) is 1. The van der Waals surface area contributed by atoms with Crippen LogP contribution in [0.15, 0.2) is 91.0 Å². The molecule has 0 spiro atoms. The van der Waals surface area contributed by atoms with Gasteiger partial charge in [0.15, 0.2) is 0 Å². The van der Waals surface area contributed by atoms with Crippen molar-refractivity contribution in [2.75, 3.05) is 13.1 Å². The van der Waals surface area contributed by atoms with Crippen LogP contribution in [0.5, 0.6) is 0 Å². The van der Waals surface area contributed by atoms with Crippen molar-refractivity contribution < 1.29 is 9.59 Å². The van der Waals surface area contributed by atoms with Crippen molar-refractivity contribution in [3.05, 3.63) is 108 Å². The van der Waals surface area contributed by atoms with Gasteiger partial charge in [0.2, 0.25) is 11.8 Å². The summed E-state index contributed by atoms with van der Waals surface area (Å²) in [6.07, 6.45) is 0.278. The summed E-state index contributed by atoms with van der Waals surface area (Å²) in [6, 6.07) is 30.3. The molecule has 2 amide bonds. The normalized spacial score (nSPS) is 16.1. The Balaban J connectivity index is 1.40. The molecule has 152 valence electrons. The predicted molar refractivity (Wildman–Crippen MR) is 118 cm³/mol. The molecule has 30 heavy (non-hydrogen) atoms. The van der Waals surface area contributed by atoms with Gasteiger partial charge < -0.3 is 10.2 Å². The summed E-state index contributed by atoms with van der Waals surface area (Å²) in [5, 5.41) is 3.11. The van der Waals surface area contributed by atoms with Crippen LogP contribution in [0, 0.1) is 5.92 Å². The highest BCUT2D eigenvalue weighted by Crippen LogP contribution is 2.25. The Bertz CT molecular complexity index is 934. The van der Waals surface area contributed by atoms with E-state index in [-0.39, 0.29) is 30.1 Å². The van der Waals surface area contributed by atoms with Gasteiger partial charge in [-0.1, -0.05) is 91.0 Å². The Hall–Kier alpha value is -3.40. The number of carbonyl (C=O) groups excluding carboxylic acids is 2. The van der Waals surface area contributed by atoms with E-state index in [1.54, 1.807) is 4.90 Å². The van der Waals surface area contributed by atoms with Crippen LogP contribution in [0.1, 0.15) is 29.0 Å². The average Bonchev–Trinajstić information content (AvgIpc) is 3.16. The molecule has 4 nitrogen and oxygen atoms in total. The first-order valence-corrected chi connectivity index (χ1v) is 10.4. The Labute approximate surface area is 177 Å². The Morgan fingerprint density at radius 3 is 1.97 bits per heavy atom. The first-order chi connectivity index (χ1) is 14.7. The van der Waals surface area contributed by atoms with Gasteiger partial charge in [0, 0.05) is 32.0 Å². The number of likely N-dealkylation sites (tertiary alicyclic amines) is 1. The van der Waals surface area contributed by atoms with Gasteiger partial charge in [0.25, 0.3) is 0 Å². The van der Waals surface area contributed by atoms with Gasteiger partial charge in [0.1, 0.15) is 0 Å². The van der Waals surface area contributed by atoms with E-state index in [1.165, 1.54) is 0 Å². The number of rotatable bonds is 7. The van der Waals surface area contributed by atoms with Crippen molar-refractivity contribution in [1.82, 2.24) is 10.2 Å². The van der Waals surface area contributed by atoms with E-state index < -0.39 is 0 Å². The summed E-state index contributed by atoms with van der Waals surface area (Å²) in [6.45, 7) is 1.54. The second-order valence-corrected chi connectivity index (χ2v) is 7.78. The lowest BCUT2D eigenvalue weighted by atomic mass is 9.91. The zero-order valence-electron chi connectivity index (χ0n) is 16.9. The highest BCUT2D eigenvalue weighted by atomic mass is 16.2. The summed E-state index contributed by atoms with van der Waals surface area (Å²) < 4.78 is 0. The van der Waals surface area contributed by atoms with Crippen LogP contribution in [-0.2, 0) is 16.1 Å². The van der Waals surface area contributed by atoms with Crippen molar-refractivity contribution in [1.29, 1.82) is 0 Å². The summed E-state index contributed by atoms with van der Waals surface area (Å²) in [5.74, 6) is -0.222. The maximum absolute atomic E-state index is 12.9. The van der Waals surface area contributed by atoms with Gasteiger partial charge >= 0.3 is 0 Å². The molecule has 0 aromatic heterocycles. The summed E-state index contributed by atoms with van der Waals surface area (Å²) >= 11 is 0. The molecule has 1 saturated heterocycles. The van der Waals surface area contributed by atoms with Gasteiger partial charge in [0.05, 0.1) is 5.92 Å². The standard InChI is InChI=1S/C26H26N2O2/c29-25-16-23(19-28(25)18-20-10-4-1-5-11-20)26(30)27-17-24(21-12-6-2-7-13-21)22-14-8-3-9-15-22/h1-15,23-24H,16-19H2,(H,27,30)/t23-/m0/s1. The van der Waals surface area contributed by atoms with Crippen LogP contribution in [0.2, 0.25) is 0 Å². The minimum Gasteiger partial charge on any atom is -0.355 e. The molecule has 1 N–H and O–H groups in total. The van der Waals surface area contributed by atoms with Gasteiger partial charge in [-0.15, -0.1) is 0 Å². The SMILES string of the molecule is O=C(NCC(c1ccccc1)c1ccccc1)[C@H]1CC(=O)N(Cc2ccccc2)C1. The summed E-state index contributed by atoms with van der Waals surface area (Å²) in [4.78, 5) is 27.1. The fourth-order valence-electron chi connectivity index (χ4n) is 4.05. The van der Waals surface area contributed by atoms with Crippen molar-refractivity contribution >= 4 is 11.8 Å². The molecular weight excluding hydrogens is 372 g/mol. The Morgan fingerprint density at radius 2 is 1.40 bits per heavy atom. The molecule has 0 unspecified atom stereocenters. The lowest BCUT2D eigenvalue weighted by molar-refractivity contribution is -0.129. The summed E-state index contributed by atoms with van der Waals surface area (Å²) in [5.41, 5.74) is 3.41. The number of nitrogens with one attached hydrogen (secondary N) is 1. The van der Waals surface area contributed by atoms with Crippen LogP contribution in [-0.4, -0.2) is 29.8 Å². The predicted octanol–water partition coefficient (Wildman–Crippen LogP) is 3.98. The highest BCUT2D eigenvalue weighted by molar-refractivity contribution is 5.89. The number of amides is 2. The Morgan fingerprint density at radius 1 is 0.867 bits per heavy atom. The minimum absolute atomic E-state index is 0.0432. The van der Waals surface area contributed by atoms with E-state index in [4.69, 9.17) is 0 Å². The number of carbonyl (C=O) groups is 2. The van der Waals surface area contributed by atoms with E-state index in [0.717, 1.165) is 16.7 Å². The van der Waals surface area contributed by atoms with Crippen LogP contribution < -0.4 is 5.32 Å². The molecule has 1 aliphatic rings. The van der Waals surface area contributed by atoms with Crippen molar-refractivity contribution in [3.63, 3.8) is 0 Å². The zero-order chi connectivity index (χ0) is 20.8. The smallest absolute Gasteiger partial charge is 0.225 e. The van der Waals surface area contributed by atoms with Gasteiger partial charge in [-0.3, -0.25) is 9.59 Å². The maximum atomic E-state index is 12.9. The van der Waals surface area contributed by atoms with Crippen LogP contribution in [0.4, 0.5) is 0 Å². The van der Waals surface area contributed by atoms with Crippen LogP contribution >= 0.6 is 0 Å². The molecule has 0 bridgehead atoms. The molecule has 4 rings (SSSR count). The fourth-order valence-corrected chi connectivity index (χ4v) is 4.05. The lowest BCUT2D eigenvalue weighted by Crippen LogP contribution is -2.35. The van der Waals surface area contributed by atoms with Crippen molar-refractivity contribution in [3.8, 4) is 0 Å². The number of hydrogen-bond acceptors (Lipinski definition) is 2. The van der Waals surface area contributed by atoms with E-state index >= 15 is 0 Å². The third kappa shape index (κ3) is 4.77. The van der Waals surface area contributed by atoms with Crippen LogP contribution in [0.3, 0.4) is 0 Å². The zero-order valence-corrected chi connectivity index (χ0v) is 16.9. The molecule has 1 fully saturated rings. The largest absolute Gasteiger partial charge is 0.355 e. The second-order valence-electron chi connectivity index (χ2n) is 7.78. The average molecular weight is 399 g/mol. The molecule has 1 aliphatic heterocycles. The van der Waals surface area contributed by atoms with E-state index in [2.05, 4.69) is 29.6 Å². The third-order valence-corrected chi connectivity index (χ3v) is 5.69. The molecule has 3 aromatic rings. The van der Waals surface area contributed by atoms with Gasteiger partial charge in [-0.05, 0) is 16.7 Å². The lowest BCUT2D eigenvalue weighted by Gasteiger charge is -2.20. The number of benzene rings is 3. The topological polar surface area (TPSA) is 49.4 Å². The molecule has 1 heterocycles. The molecular formula is C26H26N2O2. The van der Waals surface area contributed by atoms with Crippen molar-refractivity contribution in [2.45, 2.75) is 18.9 Å². The fraction of sp³-hybridized carbons (Fsp3) is 0.231. The monoisotopic (exact) mass is 398 g/mol. The molecule has 0 radical (unpaired) electrons. The molecule has 1 atom stereocenters. The second kappa shape index (κ2) is 9.40. The molecule has 4 heteroatoms. The van der Waals surface area contributed by atoms with Gasteiger partial charge in [-0.2, -0.15) is 0 Å². The quantitative estimate of drug-likeness (QED) is 0.654. The highest BCUT2D eigenvalue weighted by Gasteiger charge is 2.34. The summed E-state index contributed by atoms with van der Waals surface area (Å²) in [7, 11) is 0. The maximum Gasteiger partial charge on any atom is 0.225 e. The van der Waals surface area contributed by atoms with Gasteiger partial charge in [-0.25, -0.2) is 0 Å². The molecule has 3 aromatic carbocycles. The Kier molecular flexibility index (Phi) is 6.23. The van der Waals surface area contributed by atoms with Crippen LogP contribution in [0.25, 0.3) is 0 Å².